The standard InChI is InChI=1S/C12H16N4O2S/c1-9-3-4-10(5-12(9)19(17,18)13-2)15-7-11-6-14-8-16-11/h3-6,8,13,15H,7H2,1-2H3,(H,14,16). The molecule has 2 rings (SSSR count). The minimum Gasteiger partial charge on any atom is -0.379 e. The Morgan fingerprint density at radius 3 is 2.79 bits per heavy atom. The van der Waals surface area contributed by atoms with Crippen molar-refractivity contribution in [1.29, 1.82) is 0 Å². The molecule has 19 heavy (non-hydrogen) atoms. The lowest BCUT2D eigenvalue weighted by Crippen LogP contribution is -2.19. The third-order valence-electron chi connectivity index (χ3n) is 2.78. The molecule has 0 amide bonds. The number of benzene rings is 1. The second-order valence-corrected chi connectivity index (χ2v) is 5.97. The molecule has 0 fully saturated rings. The summed E-state index contributed by atoms with van der Waals surface area (Å²) in [5.41, 5.74) is 2.38. The van der Waals surface area contributed by atoms with Crippen LogP contribution in [0.25, 0.3) is 0 Å². The Hall–Kier alpha value is -1.86. The second-order valence-electron chi connectivity index (χ2n) is 4.12. The number of aromatic nitrogens is 2. The first kappa shape index (κ1) is 13.6. The van der Waals surface area contributed by atoms with Crippen molar-refractivity contribution in [1.82, 2.24) is 14.7 Å². The van der Waals surface area contributed by atoms with Gasteiger partial charge in [-0.3, -0.25) is 0 Å². The summed E-state index contributed by atoms with van der Waals surface area (Å²) in [5, 5.41) is 3.15. The Bertz CT molecular complexity index is 650. The van der Waals surface area contributed by atoms with Gasteiger partial charge in [-0.2, -0.15) is 0 Å². The number of H-pyrrole nitrogens is 1. The van der Waals surface area contributed by atoms with Crippen molar-refractivity contribution in [2.75, 3.05) is 12.4 Å². The van der Waals surface area contributed by atoms with E-state index < -0.39 is 10.0 Å². The van der Waals surface area contributed by atoms with Crippen molar-refractivity contribution in [3.05, 3.63) is 42.0 Å². The third kappa shape index (κ3) is 3.12. The van der Waals surface area contributed by atoms with Gasteiger partial charge in [0.05, 0.1) is 23.5 Å². The molecule has 0 radical (unpaired) electrons. The lowest BCUT2D eigenvalue weighted by Gasteiger charge is -2.10. The van der Waals surface area contributed by atoms with E-state index in [9.17, 15) is 8.42 Å². The molecular weight excluding hydrogens is 264 g/mol. The van der Waals surface area contributed by atoms with Crippen molar-refractivity contribution in [2.45, 2.75) is 18.4 Å². The van der Waals surface area contributed by atoms with Gasteiger partial charge in [-0.05, 0) is 31.7 Å². The zero-order chi connectivity index (χ0) is 13.9. The number of hydrogen-bond acceptors (Lipinski definition) is 4. The van der Waals surface area contributed by atoms with E-state index in [-0.39, 0.29) is 4.90 Å². The van der Waals surface area contributed by atoms with Gasteiger partial charge in [0, 0.05) is 11.9 Å². The smallest absolute Gasteiger partial charge is 0.240 e. The SMILES string of the molecule is CNS(=O)(=O)c1cc(NCc2cnc[nH]2)ccc1C. The summed E-state index contributed by atoms with van der Waals surface area (Å²) >= 11 is 0. The zero-order valence-electron chi connectivity index (χ0n) is 10.8. The van der Waals surface area contributed by atoms with Crippen LogP contribution >= 0.6 is 0 Å². The number of rotatable bonds is 5. The number of nitrogens with one attached hydrogen (secondary N) is 3. The summed E-state index contributed by atoms with van der Waals surface area (Å²) in [7, 11) is -2.03. The van der Waals surface area contributed by atoms with Crippen LogP contribution in [0.3, 0.4) is 0 Å². The molecule has 102 valence electrons. The first-order valence-corrected chi connectivity index (χ1v) is 7.26. The molecule has 0 aliphatic heterocycles. The lowest BCUT2D eigenvalue weighted by molar-refractivity contribution is 0.587. The van der Waals surface area contributed by atoms with Gasteiger partial charge in [0.25, 0.3) is 0 Å². The van der Waals surface area contributed by atoms with Gasteiger partial charge in [-0.25, -0.2) is 18.1 Å². The predicted molar refractivity (Wildman–Crippen MR) is 73.3 cm³/mol. The van der Waals surface area contributed by atoms with Gasteiger partial charge in [-0.1, -0.05) is 6.07 Å². The van der Waals surface area contributed by atoms with Crippen LogP contribution < -0.4 is 10.0 Å². The molecule has 2 aromatic rings. The van der Waals surface area contributed by atoms with Crippen molar-refractivity contribution in [3.8, 4) is 0 Å². The highest BCUT2D eigenvalue weighted by atomic mass is 32.2. The average molecular weight is 280 g/mol. The first-order chi connectivity index (χ1) is 9.03. The minimum absolute atomic E-state index is 0.282. The molecule has 0 aliphatic carbocycles. The Balaban J connectivity index is 2.21. The lowest BCUT2D eigenvalue weighted by atomic mass is 10.2. The Labute approximate surface area is 112 Å². The third-order valence-corrected chi connectivity index (χ3v) is 4.34. The largest absolute Gasteiger partial charge is 0.379 e. The topological polar surface area (TPSA) is 86.9 Å². The molecule has 0 atom stereocenters. The van der Waals surface area contributed by atoms with E-state index in [0.717, 1.165) is 11.4 Å². The van der Waals surface area contributed by atoms with E-state index in [1.807, 2.05) is 6.07 Å². The van der Waals surface area contributed by atoms with Crippen molar-refractivity contribution in [3.63, 3.8) is 0 Å². The Morgan fingerprint density at radius 1 is 1.37 bits per heavy atom. The quantitative estimate of drug-likeness (QED) is 0.769. The number of anilines is 1. The highest BCUT2D eigenvalue weighted by Gasteiger charge is 2.14. The van der Waals surface area contributed by atoms with Crippen LogP contribution in [0.2, 0.25) is 0 Å². The molecule has 0 spiro atoms. The Kier molecular flexibility index (Phi) is 3.87. The molecule has 0 unspecified atom stereocenters. The highest BCUT2D eigenvalue weighted by molar-refractivity contribution is 7.89. The number of aromatic amines is 1. The maximum absolute atomic E-state index is 11.9. The maximum Gasteiger partial charge on any atom is 0.240 e. The van der Waals surface area contributed by atoms with E-state index >= 15 is 0 Å². The number of nitrogens with zero attached hydrogens (tertiary/aromatic N) is 1. The molecule has 1 aromatic carbocycles. The summed E-state index contributed by atoms with van der Waals surface area (Å²) in [6, 6.07) is 5.25. The molecule has 1 aromatic heterocycles. The fourth-order valence-electron chi connectivity index (χ4n) is 1.69. The number of imidazole rings is 1. The molecule has 6 nitrogen and oxygen atoms in total. The average Bonchev–Trinajstić information content (AvgIpc) is 2.91. The molecular formula is C12H16N4O2S. The van der Waals surface area contributed by atoms with Crippen LogP contribution in [0.5, 0.6) is 0 Å². The highest BCUT2D eigenvalue weighted by Crippen LogP contribution is 2.20. The number of hydrogen-bond donors (Lipinski definition) is 3. The summed E-state index contributed by atoms with van der Waals surface area (Å²) < 4.78 is 26.0. The Morgan fingerprint density at radius 2 is 2.16 bits per heavy atom. The molecule has 1 heterocycles. The van der Waals surface area contributed by atoms with E-state index in [0.29, 0.717) is 12.1 Å². The van der Waals surface area contributed by atoms with Gasteiger partial charge >= 0.3 is 0 Å². The fourth-order valence-corrected chi connectivity index (χ4v) is 2.68. The van der Waals surface area contributed by atoms with Gasteiger partial charge in [0.15, 0.2) is 0 Å². The summed E-state index contributed by atoms with van der Waals surface area (Å²) in [6.07, 6.45) is 3.31. The summed E-state index contributed by atoms with van der Waals surface area (Å²) in [6.45, 7) is 2.32. The fraction of sp³-hybridized carbons (Fsp3) is 0.250. The van der Waals surface area contributed by atoms with Crippen LogP contribution in [0.4, 0.5) is 5.69 Å². The zero-order valence-corrected chi connectivity index (χ0v) is 11.6. The molecule has 0 bridgehead atoms. The van der Waals surface area contributed by atoms with E-state index in [1.54, 1.807) is 31.6 Å². The van der Waals surface area contributed by atoms with Gasteiger partial charge in [-0.15, -0.1) is 0 Å². The maximum atomic E-state index is 11.9. The van der Waals surface area contributed by atoms with Crippen LogP contribution in [0.15, 0.2) is 35.6 Å². The number of sulfonamides is 1. The van der Waals surface area contributed by atoms with Gasteiger partial charge in [0.1, 0.15) is 0 Å². The summed E-state index contributed by atoms with van der Waals surface area (Å²) in [5.74, 6) is 0. The monoisotopic (exact) mass is 280 g/mol. The van der Waals surface area contributed by atoms with Crippen LogP contribution in [0.1, 0.15) is 11.3 Å². The predicted octanol–water partition coefficient (Wildman–Crippen LogP) is 1.24. The van der Waals surface area contributed by atoms with Crippen LogP contribution in [0, 0.1) is 6.92 Å². The normalized spacial score (nSPS) is 11.5. The summed E-state index contributed by atoms with van der Waals surface area (Å²) in [4.78, 5) is 7.17. The molecule has 0 saturated heterocycles. The molecule has 0 saturated carbocycles. The number of aryl methyl sites for hydroxylation is 1. The van der Waals surface area contributed by atoms with Crippen LogP contribution in [-0.2, 0) is 16.6 Å². The second kappa shape index (κ2) is 5.41. The molecule has 3 N–H and O–H groups in total. The van der Waals surface area contributed by atoms with E-state index in [2.05, 4.69) is 20.0 Å². The first-order valence-electron chi connectivity index (χ1n) is 5.78. The van der Waals surface area contributed by atoms with Crippen molar-refractivity contribution < 1.29 is 8.42 Å². The minimum atomic E-state index is -3.43. The van der Waals surface area contributed by atoms with E-state index in [4.69, 9.17) is 0 Å². The van der Waals surface area contributed by atoms with Gasteiger partial charge in [0.2, 0.25) is 10.0 Å². The molecule has 0 aliphatic rings. The van der Waals surface area contributed by atoms with Crippen molar-refractivity contribution >= 4 is 15.7 Å². The van der Waals surface area contributed by atoms with Gasteiger partial charge < -0.3 is 10.3 Å². The van der Waals surface area contributed by atoms with Crippen LogP contribution in [-0.4, -0.2) is 25.4 Å². The molecule has 7 heteroatoms. The van der Waals surface area contributed by atoms with Crippen molar-refractivity contribution in [2.24, 2.45) is 0 Å². The van der Waals surface area contributed by atoms with E-state index in [1.165, 1.54) is 7.05 Å².